The van der Waals surface area contributed by atoms with Gasteiger partial charge in [-0.1, -0.05) is 17.4 Å². The summed E-state index contributed by atoms with van der Waals surface area (Å²) in [4.78, 5) is 36.1. The Morgan fingerprint density at radius 2 is 2.00 bits per heavy atom. The minimum absolute atomic E-state index is 0.297. The van der Waals surface area contributed by atoms with E-state index in [-0.39, 0.29) is 6.03 Å². The van der Waals surface area contributed by atoms with Gasteiger partial charge < -0.3 is 11.1 Å². The summed E-state index contributed by atoms with van der Waals surface area (Å²) in [5.41, 5.74) is 9.25. The van der Waals surface area contributed by atoms with E-state index < -0.39 is 0 Å². The number of carbonyl (C=O) groups excluding carboxylic acids is 2. The molecule has 3 aromatic heterocycles. The van der Waals surface area contributed by atoms with Gasteiger partial charge in [-0.15, -0.1) is 0 Å². The minimum atomic E-state index is -0.297. The van der Waals surface area contributed by atoms with Crippen LogP contribution in [0.5, 0.6) is 0 Å². The van der Waals surface area contributed by atoms with E-state index in [2.05, 4.69) is 31.3 Å². The van der Waals surface area contributed by atoms with Crippen molar-refractivity contribution >= 4 is 39.0 Å². The van der Waals surface area contributed by atoms with Crippen molar-refractivity contribution < 1.29 is 9.59 Å². The zero-order valence-electron chi connectivity index (χ0n) is 17.1. The lowest BCUT2D eigenvalue weighted by Gasteiger charge is -2.07. The molecule has 0 aliphatic carbocycles. The third-order valence-corrected chi connectivity index (χ3v) is 5.26. The lowest BCUT2D eigenvalue weighted by Crippen LogP contribution is -2.28. The molecule has 2 amide bonds. The van der Waals surface area contributed by atoms with E-state index in [9.17, 15) is 9.59 Å². The quantitative estimate of drug-likeness (QED) is 0.409. The van der Waals surface area contributed by atoms with Gasteiger partial charge in [0, 0.05) is 41.8 Å². The second-order valence-electron chi connectivity index (χ2n) is 6.21. The third kappa shape index (κ3) is 5.08. The molecule has 0 aliphatic heterocycles. The maximum Gasteiger partial charge on any atom is 0.321 e. The number of nitrogens with zero attached hydrogens (tertiary/aromatic N) is 3. The van der Waals surface area contributed by atoms with Crippen molar-refractivity contribution in [1.29, 1.82) is 0 Å². The van der Waals surface area contributed by atoms with Gasteiger partial charge in [0.2, 0.25) is 0 Å². The van der Waals surface area contributed by atoms with Crippen molar-refractivity contribution in [2.45, 2.75) is 6.92 Å². The van der Waals surface area contributed by atoms with Gasteiger partial charge in [-0.2, -0.15) is 0 Å². The smallest absolute Gasteiger partial charge is 0.321 e. The number of rotatable bonds is 5. The molecule has 0 fully saturated rings. The molecule has 0 atom stereocenters. The van der Waals surface area contributed by atoms with E-state index in [0.717, 1.165) is 38.9 Å². The molecule has 158 valence electrons. The summed E-state index contributed by atoms with van der Waals surface area (Å²) >= 11 is 1.38. The van der Waals surface area contributed by atoms with E-state index in [1.807, 2.05) is 37.3 Å². The number of nitrogens with two attached hydrogens (primary N) is 1. The molecule has 31 heavy (non-hydrogen) atoms. The first kappa shape index (κ1) is 22.0. The lowest BCUT2D eigenvalue weighted by molar-refractivity contribution is 0.112. The molecule has 8 nitrogen and oxygen atoms in total. The average Bonchev–Trinajstić information content (AvgIpc) is 3.22. The number of thiazole rings is 1. The molecule has 0 saturated carbocycles. The molecule has 0 radical (unpaired) electrons. The summed E-state index contributed by atoms with van der Waals surface area (Å²) in [6, 6.07) is 11.1. The first-order valence-electron chi connectivity index (χ1n) is 9.57. The normalized spacial score (nSPS) is 10.2. The van der Waals surface area contributed by atoms with Gasteiger partial charge in [-0.3, -0.25) is 20.1 Å². The number of nitrogens with one attached hydrogen (secondary N) is 2. The lowest BCUT2D eigenvalue weighted by atomic mass is 10.0. The number of amides is 2. The number of anilines is 1. The molecule has 9 heteroatoms. The van der Waals surface area contributed by atoms with Crippen LogP contribution in [0.2, 0.25) is 0 Å². The zero-order chi connectivity index (χ0) is 22.2. The minimum Gasteiger partial charge on any atom is -0.338 e. The van der Waals surface area contributed by atoms with Crippen LogP contribution in [0, 0.1) is 0 Å². The van der Waals surface area contributed by atoms with Crippen LogP contribution < -0.4 is 16.4 Å². The Bertz CT molecular complexity index is 1180. The Labute approximate surface area is 183 Å². The van der Waals surface area contributed by atoms with Crippen molar-refractivity contribution in [3.63, 3.8) is 0 Å². The summed E-state index contributed by atoms with van der Waals surface area (Å²) in [5, 5.41) is 5.96. The SMILES string of the molecule is CCNC(=O)Nc1nc2cc(-c3cccnc3)cc(-c3ccc(C=O)cn3)c2s1.CN. The highest BCUT2D eigenvalue weighted by Crippen LogP contribution is 2.38. The highest BCUT2D eigenvalue weighted by Gasteiger charge is 2.15. The van der Waals surface area contributed by atoms with Crippen molar-refractivity contribution in [2.24, 2.45) is 5.73 Å². The highest BCUT2D eigenvalue weighted by atomic mass is 32.1. The molecule has 4 rings (SSSR count). The van der Waals surface area contributed by atoms with Crippen LogP contribution in [0.3, 0.4) is 0 Å². The zero-order valence-corrected chi connectivity index (χ0v) is 17.9. The standard InChI is InChI=1S/C21H17N5O2S.CH5N/c1-2-23-20(28)26-21-25-18-9-15(14-4-3-7-22-11-14)8-16(19(18)29-21)17-6-5-13(12-27)10-24-17;1-2/h3-12H,2H2,1H3,(H2,23,25,26,28);2H2,1H3. The Kier molecular flexibility index (Phi) is 7.36. The number of carbonyl (C=O) groups is 2. The van der Waals surface area contributed by atoms with Crippen LogP contribution in [0.4, 0.5) is 9.93 Å². The van der Waals surface area contributed by atoms with Gasteiger partial charge in [-0.05, 0) is 49.9 Å². The molecule has 0 spiro atoms. The largest absolute Gasteiger partial charge is 0.338 e. The molecule has 4 N–H and O–H groups in total. The molecular weight excluding hydrogens is 412 g/mol. The molecule has 0 aliphatic rings. The number of hydrogen-bond donors (Lipinski definition) is 3. The number of aromatic nitrogens is 3. The summed E-state index contributed by atoms with van der Waals surface area (Å²) in [5.74, 6) is 0. The highest BCUT2D eigenvalue weighted by molar-refractivity contribution is 7.22. The van der Waals surface area contributed by atoms with Gasteiger partial charge in [0.25, 0.3) is 0 Å². The van der Waals surface area contributed by atoms with E-state index >= 15 is 0 Å². The van der Waals surface area contributed by atoms with Crippen molar-refractivity contribution in [3.05, 3.63) is 60.6 Å². The van der Waals surface area contributed by atoms with E-state index in [1.165, 1.54) is 18.4 Å². The van der Waals surface area contributed by atoms with Gasteiger partial charge in [0.05, 0.1) is 15.9 Å². The topological polar surface area (TPSA) is 123 Å². The molecule has 3 heterocycles. The maximum absolute atomic E-state index is 11.9. The molecule has 0 unspecified atom stereocenters. The number of fused-ring (bicyclic) bond motifs is 1. The predicted octanol–water partition coefficient (Wildman–Crippen LogP) is 3.95. The van der Waals surface area contributed by atoms with Crippen LogP contribution in [-0.4, -0.2) is 40.9 Å². The van der Waals surface area contributed by atoms with Gasteiger partial charge >= 0.3 is 6.03 Å². The molecular formula is C22H22N6O2S. The summed E-state index contributed by atoms with van der Waals surface area (Å²) in [6.45, 7) is 2.38. The number of aldehydes is 1. The summed E-state index contributed by atoms with van der Waals surface area (Å²) in [7, 11) is 1.50. The molecule has 1 aromatic carbocycles. The third-order valence-electron chi connectivity index (χ3n) is 4.24. The van der Waals surface area contributed by atoms with Crippen LogP contribution in [0.15, 0.2) is 55.0 Å². The van der Waals surface area contributed by atoms with E-state index in [1.54, 1.807) is 24.7 Å². The Morgan fingerprint density at radius 1 is 1.16 bits per heavy atom. The van der Waals surface area contributed by atoms with Gasteiger partial charge in [0.15, 0.2) is 11.4 Å². The van der Waals surface area contributed by atoms with Gasteiger partial charge in [-0.25, -0.2) is 9.78 Å². The first-order valence-corrected chi connectivity index (χ1v) is 10.4. The second-order valence-corrected chi connectivity index (χ2v) is 7.21. The Balaban J connectivity index is 0.00000132. The number of benzene rings is 1. The maximum atomic E-state index is 11.9. The van der Waals surface area contributed by atoms with Gasteiger partial charge in [0.1, 0.15) is 0 Å². The van der Waals surface area contributed by atoms with Crippen molar-refractivity contribution in [2.75, 3.05) is 18.9 Å². The fourth-order valence-electron chi connectivity index (χ4n) is 2.91. The predicted molar refractivity (Wildman–Crippen MR) is 124 cm³/mol. The average molecular weight is 435 g/mol. The van der Waals surface area contributed by atoms with E-state index in [0.29, 0.717) is 17.2 Å². The number of hydrogen-bond acceptors (Lipinski definition) is 7. The fourth-order valence-corrected chi connectivity index (χ4v) is 3.88. The second kappa shape index (κ2) is 10.4. The monoisotopic (exact) mass is 434 g/mol. The first-order chi connectivity index (χ1) is 15.2. The van der Waals surface area contributed by atoms with Crippen molar-refractivity contribution in [1.82, 2.24) is 20.3 Å². The van der Waals surface area contributed by atoms with Crippen LogP contribution in [-0.2, 0) is 0 Å². The molecule has 0 bridgehead atoms. The number of urea groups is 1. The summed E-state index contributed by atoms with van der Waals surface area (Å²) in [6.07, 6.45) is 5.81. The molecule has 0 saturated heterocycles. The number of pyridine rings is 2. The van der Waals surface area contributed by atoms with Crippen LogP contribution >= 0.6 is 11.3 Å². The Morgan fingerprint density at radius 3 is 2.65 bits per heavy atom. The van der Waals surface area contributed by atoms with Crippen LogP contribution in [0.25, 0.3) is 32.6 Å². The fraction of sp³-hybridized carbons (Fsp3) is 0.136. The Hall–Kier alpha value is -3.69. The molecule has 4 aromatic rings. The van der Waals surface area contributed by atoms with Crippen molar-refractivity contribution in [3.8, 4) is 22.4 Å². The van der Waals surface area contributed by atoms with Crippen LogP contribution in [0.1, 0.15) is 17.3 Å². The van der Waals surface area contributed by atoms with E-state index in [4.69, 9.17) is 0 Å². The summed E-state index contributed by atoms with van der Waals surface area (Å²) < 4.78 is 0.899.